The zero-order chi connectivity index (χ0) is 25.5. The van der Waals surface area contributed by atoms with Crippen LogP contribution in [0, 0.1) is 0 Å². The highest BCUT2D eigenvalue weighted by Crippen LogP contribution is 2.32. The van der Waals surface area contributed by atoms with Crippen LogP contribution in [0.25, 0.3) is 0 Å². The first-order chi connectivity index (χ1) is 17.5. The number of nitrogens with one attached hydrogen (secondary N) is 1. The van der Waals surface area contributed by atoms with E-state index in [9.17, 15) is 9.59 Å². The monoisotopic (exact) mass is 492 g/mol. The maximum absolute atomic E-state index is 14.0. The van der Waals surface area contributed by atoms with Crippen molar-refractivity contribution >= 4 is 11.8 Å². The Kier molecular flexibility index (Phi) is 8.15. The topological polar surface area (TPSA) is 90.2 Å². The van der Waals surface area contributed by atoms with Crippen LogP contribution in [0.5, 0.6) is 17.2 Å². The summed E-state index contributed by atoms with van der Waals surface area (Å²) in [6, 6.07) is 14.9. The highest BCUT2D eigenvalue weighted by atomic mass is 16.5. The number of carbonyl (C=O) groups is 2. The average molecular weight is 493 g/mol. The van der Waals surface area contributed by atoms with Crippen molar-refractivity contribution in [2.24, 2.45) is 0 Å². The minimum Gasteiger partial charge on any atom is -0.497 e. The summed E-state index contributed by atoms with van der Waals surface area (Å²) in [6.07, 6.45) is 5.58. The normalized spacial score (nSPS) is 14.2. The molecular weight excluding hydrogens is 460 g/mol. The molecule has 8 nitrogen and oxygen atoms in total. The Morgan fingerprint density at radius 2 is 1.69 bits per heavy atom. The summed E-state index contributed by atoms with van der Waals surface area (Å²) in [5.41, 5.74) is 1.04. The molecule has 0 bridgehead atoms. The standard InChI is InChI=1S/C28H32N2O6/c1-33-22-13-10-19(11-14-22)26(27(31)29-21-7-4-5-8-21)30(18-23-9-6-16-36-23)28(32)20-12-15-24(34-2)25(17-20)35-3/h6,9-17,21,26H,4-5,7-8,18H2,1-3H3,(H,29,31)/t26-/m1/s1. The second-order valence-electron chi connectivity index (χ2n) is 8.75. The van der Waals surface area contributed by atoms with Crippen LogP contribution in [0.3, 0.4) is 0 Å². The quantitative estimate of drug-likeness (QED) is 0.439. The van der Waals surface area contributed by atoms with E-state index in [1.165, 1.54) is 19.1 Å². The van der Waals surface area contributed by atoms with E-state index in [0.29, 0.717) is 34.1 Å². The van der Waals surface area contributed by atoms with E-state index < -0.39 is 6.04 Å². The van der Waals surface area contributed by atoms with E-state index in [1.807, 2.05) is 12.1 Å². The molecule has 190 valence electrons. The number of methoxy groups -OCH3 is 3. The zero-order valence-electron chi connectivity index (χ0n) is 20.9. The molecule has 1 atom stereocenters. The van der Waals surface area contributed by atoms with Gasteiger partial charge in [-0.3, -0.25) is 9.59 Å². The van der Waals surface area contributed by atoms with Gasteiger partial charge in [-0.2, -0.15) is 0 Å². The van der Waals surface area contributed by atoms with E-state index in [2.05, 4.69) is 5.32 Å². The van der Waals surface area contributed by atoms with Gasteiger partial charge in [-0.15, -0.1) is 0 Å². The van der Waals surface area contributed by atoms with Crippen molar-refractivity contribution in [1.29, 1.82) is 0 Å². The highest BCUT2D eigenvalue weighted by Gasteiger charge is 2.34. The molecular formula is C28H32N2O6. The van der Waals surface area contributed by atoms with Crippen LogP contribution in [0.1, 0.15) is 53.4 Å². The van der Waals surface area contributed by atoms with Crippen LogP contribution in [-0.2, 0) is 11.3 Å². The molecule has 36 heavy (non-hydrogen) atoms. The molecule has 0 unspecified atom stereocenters. The van der Waals surface area contributed by atoms with Crippen molar-refractivity contribution in [3.63, 3.8) is 0 Å². The number of hydrogen-bond acceptors (Lipinski definition) is 6. The third-order valence-corrected chi connectivity index (χ3v) is 6.49. The molecule has 1 heterocycles. The first-order valence-corrected chi connectivity index (χ1v) is 12.0. The number of carbonyl (C=O) groups excluding carboxylic acids is 2. The van der Waals surface area contributed by atoms with E-state index in [0.717, 1.165) is 25.7 Å². The Hall–Kier alpha value is -3.94. The predicted octanol–water partition coefficient (Wildman–Crippen LogP) is 4.75. The van der Waals surface area contributed by atoms with Gasteiger partial charge >= 0.3 is 0 Å². The van der Waals surface area contributed by atoms with Crippen molar-refractivity contribution in [1.82, 2.24) is 10.2 Å². The number of ether oxygens (including phenoxy) is 3. The summed E-state index contributed by atoms with van der Waals surface area (Å²) in [5.74, 6) is 1.60. The lowest BCUT2D eigenvalue weighted by atomic mass is 10.0. The van der Waals surface area contributed by atoms with Crippen LogP contribution >= 0.6 is 0 Å². The smallest absolute Gasteiger partial charge is 0.255 e. The minimum atomic E-state index is -0.887. The third kappa shape index (κ3) is 5.64. The van der Waals surface area contributed by atoms with Gasteiger partial charge in [-0.05, 0) is 60.9 Å². The third-order valence-electron chi connectivity index (χ3n) is 6.49. The summed E-state index contributed by atoms with van der Waals surface area (Å²) in [7, 11) is 4.64. The van der Waals surface area contributed by atoms with Crippen molar-refractivity contribution in [2.45, 2.75) is 44.3 Å². The fourth-order valence-corrected chi connectivity index (χ4v) is 4.60. The number of furan rings is 1. The second-order valence-corrected chi connectivity index (χ2v) is 8.75. The number of hydrogen-bond donors (Lipinski definition) is 1. The van der Waals surface area contributed by atoms with Crippen LogP contribution in [0.4, 0.5) is 0 Å². The lowest BCUT2D eigenvalue weighted by molar-refractivity contribution is -0.126. The highest BCUT2D eigenvalue weighted by molar-refractivity contribution is 5.98. The van der Waals surface area contributed by atoms with Gasteiger partial charge in [0, 0.05) is 11.6 Å². The van der Waals surface area contributed by atoms with Gasteiger partial charge in [0.15, 0.2) is 11.5 Å². The summed E-state index contributed by atoms with van der Waals surface area (Å²) >= 11 is 0. The largest absolute Gasteiger partial charge is 0.497 e. The number of amides is 2. The van der Waals surface area contributed by atoms with Gasteiger partial charge in [0.2, 0.25) is 5.91 Å². The summed E-state index contributed by atoms with van der Waals surface area (Å²) in [5, 5.41) is 3.17. The number of rotatable bonds is 10. The molecule has 8 heteroatoms. The van der Waals surface area contributed by atoms with Gasteiger partial charge in [-0.1, -0.05) is 25.0 Å². The van der Waals surface area contributed by atoms with Crippen molar-refractivity contribution in [3.05, 3.63) is 77.7 Å². The molecule has 1 saturated carbocycles. The number of nitrogens with zero attached hydrogens (tertiary/aromatic N) is 1. The molecule has 2 amide bonds. The predicted molar refractivity (Wildman–Crippen MR) is 134 cm³/mol. The van der Waals surface area contributed by atoms with Crippen LogP contribution in [0.2, 0.25) is 0 Å². The molecule has 0 radical (unpaired) electrons. The van der Waals surface area contributed by atoms with Gasteiger partial charge in [-0.25, -0.2) is 0 Å². The second kappa shape index (κ2) is 11.7. The molecule has 1 N–H and O–H groups in total. The average Bonchev–Trinajstić information content (AvgIpc) is 3.62. The van der Waals surface area contributed by atoms with E-state index >= 15 is 0 Å². The first kappa shape index (κ1) is 25.2. The van der Waals surface area contributed by atoms with Gasteiger partial charge in [0.05, 0.1) is 34.1 Å². The Bertz CT molecular complexity index is 1150. The maximum Gasteiger partial charge on any atom is 0.255 e. The Balaban J connectivity index is 1.76. The molecule has 4 rings (SSSR count). The summed E-state index contributed by atoms with van der Waals surface area (Å²) in [4.78, 5) is 29.3. The summed E-state index contributed by atoms with van der Waals surface area (Å²) < 4.78 is 21.6. The zero-order valence-corrected chi connectivity index (χ0v) is 20.9. The van der Waals surface area contributed by atoms with Gasteiger partial charge < -0.3 is 28.8 Å². The fraction of sp³-hybridized carbons (Fsp3) is 0.357. The lowest BCUT2D eigenvalue weighted by Crippen LogP contribution is -2.45. The van der Waals surface area contributed by atoms with E-state index in [4.69, 9.17) is 18.6 Å². The van der Waals surface area contributed by atoms with Crippen LogP contribution in [-0.4, -0.2) is 44.1 Å². The molecule has 1 fully saturated rings. The Morgan fingerprint density at radius 1 is 0.972 bits per heavy atom. The van der Waals surface area contributed by atoms with Crippen molar-refractivity contribution < 1.29 is 28.2 Å². The fourth-order valence-electron chi connectivity index (χ4n) is 4.60. The van der Waals surface area contributed by atoms with Crippen LogP contribution in [0.15, 0.2) is 65.3 Å². The van der Waals surface area contributed by atoms with Gasteiger partial charge in [0.1, 0.15) is 17.6 Å². The molecule has 1 aromatic heterocycles. The van der Waals surface area contributed by atoms with Crippen LogP contribution < -0.4 is 19.5 Å². The van der Waals surface area contributed by atoms with E-state index in [1.54, 1.807) is 55.8 Å². The van der Waals surface area contributed by atoms with Crippen molar-refractivity contribution in [2.75, 3.05) is 21.3 Å². The lowest BCUT2D eigenvalue weighted by Gasteiger charge is -2.32. The molecule has 1 aliphatic rings. The SMILES string of the molecule is COc1ccc([C@H](C(=O)NC2CCCC2)N(Cc2ccco2)C(=O)c2ccc(OC)c(OC)c2)cc1. The minimum absolute atomic E-state index is 0.0971. The van der Waals surface area contributed by atoms with Gasteiger partial charge in [0.25, 0.3) is 5.91 Å². The number of benzene rings is 2. The molecule has 2 aromatic carbocycles. The molecule has 0 spiro atoms. The molecule has 3 aromatic rings. The first-order valence-electron chi connectivity index (χ1n) is 12.0. The Morgan fingerprint density at radius 3 is 2.31 bits per heavy atom. The summed E-state index contributed by atoms with van der Waals surface area (Å²) in [6.45, 7) is 0.106. The molecule has 0 aliphatic heterocycles. The molecule has 0 saturated heterocycles. The maximum atomic E-state index is 14.0. The van der Waals surface area contributed by atoms with Crippen molar-refractivity contribution in [3.8, 4) is 17.2 Å². The van der Waals surface area contributed by atoms with E-state index in [-0.39, 0.29) is 24.4 Å². The Labute approximate surface area is 211 Å². The molecule has 1 aliphatic carbocycles.